The van der Waals surface area contributed by atoms with Crippen molar-refractivity contribution < 1.29 is 0 Å². The number of hydrogen-bond donors (Lipinski definition) is 1. The van der Waals surface area contributed by atoms with E-state index in [0.29, 0.717) is 6.04 Å². The van der Waals surface area contributed by atoms with Crippen molar-refractivity contribution in [1.29, 1.82) is 0 Å². The van der Waals surface area contributed by atoms with Crippen LogP contribution in [0.4, 0.5) is 0 Å². The minimum atomic E-state index is 0.613. The van der Waals surface area contributed by atoms with Crippen LogP contribution in [0.25, 0.3) is 0 Å². The maximum Gasteiger partial charge on any atom is 0.0349 e. The molecule has 0 unspecified atom stereocenters. The van der Waals surface area contributed by atoms with E-state index in [9.17, 15) is 0 Å². The highest BCUT2D eigenvalue weighted by molar-refractivity contribution is 14.1. The summed E-state index contributed by atoms with van der Waals surface area (Å²) in [5.74, 6) is 0. The average Bonchev–Trinajstić information content (AvgIpc) is 2.40. The molecule has 0 bridgehead atoms. The fourth-order valence-corrected chi connectivity index (χ4v) is 3.23. The van der Waals surface area contributed by atoms with Gasteiger partial charge in [-0.1, -0.05) is 31.9 Å². The Morgan fingerprint density at radius 1 is 1.33 bits per heavy atom. The molecule has 1 aromatic rings. The Balaban J connectivity index is 2.12. The molecular formula is C15H23IN2. The first-order chi connectivity index (χ1) is 8.81. The summed E-state index contributed by atoms with van der Waals surface area (Å²) in [4.78, 5) is 2.65. The second-order valence-corrected chi connectivity index (χ2v) is 6.24. The van der Waals surface area contributed by atoms with Crippen LogP contribution in [0, 0.1) is 3.57 Å². The Morgan fingerprint density at radius 2 is 2.11 bits per heavy atom. The summed E-state index contributed by atoms with van der Waals surface area (Å²) in [5, 5.41) is 3.45. The summed E-state index contributed by atoms with van der Waals surface area (Å²) in [5.41, 5.74) is 1.50. The zero-order valence-electron chi connectivity index (χ0n) is 11.2. The number of piperazine rings is 1. The third kappa shape index (κ3) is 3.93. The van der Waals surface area contributed by atoms with Gasteiger partial charge in [-0.15, -0.1) is 0 Å². The summed E-state index contributed by atoms with van der Waals surface area (Å²) in [6.45, 7) is 6.91. The van der Waals surface area contributed by atoms with E-state index in [1.807, 2.05) is 0 Å². The Labute approximate surface area is 124 Å². The molecule has 1 heterocycles. The molecule has 1 atom stereocenters. The van der Waals surface area contributed by atoms with Crippen molar-refractivity contribution in [3.05, 3.63) is 33.4 Å². The molecule has 0 amide bonds. The van der Waals surface area contributed by atoms with Crippen molar-refractivity contribution in [2.45, 2.75) is 32.2 Å². The molecule has 18 heavy (non-hydrogen) atoms. The van der Waals surface area contributed by atoms with E-state index < -0.39 is 0 Å². The van der Waals surface area contributed by atoms with Gasteiger partial charge in [-0.25, -0.2) is 0 Å². The topological polar surface area (TPSA) is 15.3 Å². The van der Waals surface area contributed by atoms with E-state index in [0.717, 1.165) is 13.1 Å². The van der Waals surface area contributed by atoms with Gasteiger partial charge < -0.3 is 5.32 Å². The molecule has 1 aliphatic rings. The van der Waals surface area contributed by atoms with E-state index in [-0.39, 0.29) is 0 Å². The van der Waals surface area contributed by atoms with Crippen molar-refractivity contribution in [3.8, 4) is 0 Å². The summed E-state index contributed by atoms with van der Waals surface area (Å²) in [7, 11) is 0. The highest BCUT2D eigenvalue weighted by Crippen LogP contribution is 2.27. The van der Waals surface area contributed by atoms with Gasteiger partial charge >= 0.3 is 0 Å². The zero-order valence-corrected chi connectivity index (χ0v) is 13.3. The Bertz CT molecular complexity index is 361. The summed E-state index contributed by atoms with van der Waals surface area (Å²) < 4.78 is 1.35. The Kier molecular flexibility index (Phi) is 5.92. The van der Waals surface area contributed by atoms with E-state index in [1.165, 1.54) is 41.5 Å². The number of hydrogen-bond acceptors (Lipinski definition) is 2. The van der Waals surface area contributed by atoms with Gasteiger partial charge in [0.05, 0.1) is 0 Å². The van der Waals surface area contributed by atoms with E-state index in [2.05, 4.69) is 64.0 Å². The first-order valence-corrected chi connectivity index (χ1v) is 8.09. The molecule has 1 fully saturated rings. The van der Waals surface area contributed by atoms with Crippen LogP contribution in [0.2, 0.25) is 0 Å². The molecule has 1 aromatic carbocycles. The maximum absolute atomic E-state index is 3.45. The minimum absolute atomic E-state index is 0.613. The molecule has 1 saturated heterocycles. The molecule has 0 spiro atoms. The smallest absolute Gasteiger partial charge is 0.0349 e. The van der Waals surface area contributed by atoms with Crippen LogP contribution in [-0.2, 0) is 0 Å². The lowest BCUT2D eigenvalue weighted by Gasteiger charge is -2.35. The number of benzene rings is 1. The number of unbranched alkanes of at least 4 members (excludes halogenated alkanes) is 1. The van der Waals surface area contributed by atoms with Crippen LogP contribution in [0.3, 0.4) is 0 Å². The second-order valence-electron chi connectivity index (χ2n) is 5.00. The monoisotopic (exact) mass is 358 g/mol. The van der Waals surface area contributed by atoms with Gasteiger partial charge in [-0.2, -0.15) is 0 Å². The van der Waals surface area contributed by atoms with Gasteiger partial charge in [0.1, 0.15) is 0 Å². The van der Waals surface area contributed by atoms with Crippen LogP contribution in [0.15, 0.2) is 24.3 Å². The lowest BCUT2D eigenvalue weighted by molar-refractivity contribution is 0.163. The molecule has 1 aliphatic heterocycles. The van der Waals surface area contributed by atoms with Crippen LogP contribution in [0.5, 0.6) is 0 Å². The second kappa shape index (κ2) is 7.46. The average molecular weight is 358 g/mol. The molecule has 100 valence electrons. The minimum Gasteiger partial charge on any atom is -0.314 e. The van der Waals surface area contributed by atoms with Gasteiger partial charge in [0.2, 0.25) is 0 Å². The van der Waals surface area contributed by atoms with Gasteiger partial charge in [0, 0.05) is 35.8 Å². The van der Waals surface area contributed by atoms with E-state index >= 15 is 0 Å². The first kappa shape index (κ1) is 14.3. The third-order valence-electron chi connectivity index (χ3n) is 3.66. The highest BCUT2D eigenvalue weighted by atomic mass is 127. The third-order valence-corrected chi connectivity index (χ3v) is 4.33. The molecule has 0 saturated carbocycles. The normalized spacial score (nSPS) is 18.8. The predicted molar refractivity (Wildman–Crippen MR) is 85.9 cm³/mol. The fourth-order valence-electron chi connectivity index (χ4n) is 2.67. The quantitative estimate of drug-likeness (QED) is 0.812. The van der Waals surface area contributed by atoms with Gasteiger partial charge in [0.15, 0.2) is 0 Å². The SMILES string of the molecule is CCCC[C@H](c1cccc(I)c1)N1CCNCC1. The molecular weight excluding hydrogens is 335 g/mol. The van der Waals surface area contributed by atoms with Crippen molar-refractivity contribution in [1.82, 2.24) is 10.2 Å². The lowest BCUT2D eigenvalue weighted by Crippen LogP contribution is -2.45. The fraction of sp³-hybridized carbons (Fsp3) is 0.600. The largest absolute Gasteiger partial charge is 0.314 e. The van der Waals surface area contributed by atoms with Crippen LogP contribution < -0.4 is 5.32 Å². The van der Waals surface area contributed by atoms with Gasteiger partial charge in [-0.3, -0.25) is 4.90 Å². The highest BCUT2D eigenvalue weighted by Gasteiger charge is 2.21. The van der Waals surface area contributed by atoms with Crippen LogP contribution in [0.1, 0.15) is 37.8 Å². The number of nitrogens with zero attached hydrogens (tertiary/aromatic N) is 1. The van der Waals surface area contributed by atoms with Gasteiger partial charge in [0.25, 0.3) is 0 Å². The first-order valence-electron chi connectivity index (χ1n) is 7.01. The standard InChI is InChI=1S/C15H23IN2/c1-2-3-7-15(18-10-8-17-9-11-18)13-5-4-6-14(16)12-13/h4-6,12,15,17H,2-3,7-11H2,1H3/t15-/m1/s1. The van der Waals surface area contributed by atoms with Gasteiger partial charge in [-0.05, 0) is 46.7 Å². The molecule has 0 radical (unpaired) electrons. The molecule has 2 rings (SSSR count). The molecule has 1 N–H and O–H groups in total. The molecule has 0 aliphatic carbocycles. The maximum atomic E-state index is 3.45. The zero-order chi connectivity index (χ0) is 12.8. The molecule has 0 aromatic heterocycles. The number of rotatable bonds is 5. The van der Waals surface area contributed by atoms with Crippen molar-refractivity contribution in [2.75, 3.05) is 26.2 Å². The summed E-state index contributed by atoms with van der Waals surface area (Å²) in [6.07, 6.45) is 3.89. The van der Waals surface area contributed by atoms with Crippen molar-refractivity contribution in [3.63, 3.8) is 0 Å². The Hall–Kier alpha value is -0.130. The molecule has 3 heteroatoms. The number of nitrogens with one attached hydrogen (secondary N) is 1. The van der Waals surface area contributed by atoms with Crippen molar-refractivity contribution in [2.24, 2.45) is 0 Å². The van der Waals surface area contributed by atoms with Crippen LogP contribution >= 0.6 is 22.6 Å². The molecule has 2 nitrogen and oxygen atoms in total. The summed E-state index contributed by atoms with van der Waals surface area (Å²) >= 11 is 2.42. The van der Waals surface area contributed by atoms with Crippen LogP contribution in [-0.4, -0.2) is 31.1 Å². The van der Waals surface area contributed by atoms with Crippen molar-refractivity contribution >= 4 is 22.6 Å². The number of halogens is 1. The van der Waals surface area contributed by atoms with E-state index in [4.69, 9.17) is 0 Å². The Morgan fingerprint density at radius 3 is 2.78 bits per heavy atom. The predicted octanol–water partition coefficient (Wildman–Crippen LogP) is 3.43. The lowest BCUT2D eigenvalue weighted by atomic mass is 9.99. The summed E-state index contributed by atoms with van der Waals surface area (Å²) in [6, 6.07) is 9.63. The van der Waals surface area contributed by atoms with E-state index in [1.54, 1.807) is 0 Å².